The fourth-order valence-electron chi connectivity index (χ4n) is 2.41. The van der Waals surface area contributed by atoms with Crippen LogP contribution in [0, 0.1) is 0 Å². The van der Waals surface area contributed by atoms with Crippen molar-refractivity contribution in [3.8, 4) is 0 Å². The first-order valence-corrected chi connectivity index (χ1v) is 8.25. The minimum Gasteiger partial charge on any atom is -0.361 e. The largest absolute Gasteiger partial charge is 0.361 e. The van der Waals surface area contributed by atoms with E-state index in [2.05, 4.69) is 32.6 Å². The number of carbonyl (C=O) groups is 1. The van der Waals surface area contributed by atoms with Crippen molar-refractivity contribution in [3.63, 3.8) is 0 Å². The van der Waals surface area contributed by atoms with Gasteiger partial charge in [0, 0.05) is 23.5 Å². The van der Waals surface area contributed by atoms with Gasteiger partial charge in [-0.25, -0.2) is 0 Å². The Labute approximate surface area is 132 Å². The summed E-state index contributed by atoms with van der Waals surface area (Å²) in [5.74, 6) is -0.00126. The quantitative estimate of drug-likeness (QED) is 0.731. The Morgan fingerprint density at radius 3 is 3.00 bits per heavy atom. The Balaban J connectivity index is 1.51. The molecule has 0 radical (unpaired) electrons. The van der Waals surface area contributed by atoms with E-state index >= 15 is 0 Å². The number of nitrogens with one attached hydrogen (secondary N) is 2. The van der Waals surface area contributed by atoms with E-state index in [9.17, 15) is 4.79 Å². The van der Waals surface area contributed by atoms with Crippen LogP contribution in [0.15, 0.2) is 30.5 Å². The molecule has 0 saturated carbocycles. The Morgan fingerprint density at radius 1 is 1.32 bits per heavy atom. The molecule has 0 bridgehead atoms. The molecule has 0 aliphatic carbocycles. The molecule has 114 valence electrons. The van der Waals surface area contributed by atoms with Crippen LogP contribution in [-0.4, -0.2) is 21.1 Å². The molecule has 0 saturated heterocycles. The minimum absolute atomic E-state index is 0.00126. The molecule has 2 N–H and O–H groups in total. The Bertz CT molecular complexity index is 777. The number of aromatic amines is 1. The van der Waals surface area contributed by atoms with Crippen LogP contribution in [0.2, 0.25) is 0 Å². The monoisotopic (exact) mass is 314 g/mol. The van der Waals surface area contributed by atoms with Gasteiger partial charge in [0.1, 0.15) is 5.01 Å². The van der Waals surface area contributed by atoms with Crippen molar-refractivity contribution in [3.05, 3.63) is 41.0 Å². The third kappa shape index (κ3) is 3.33. The number of aromatic nitrogens is 3. The highest BCUT2D eigenvalue weighted by atomic mass is 32.1. The predicted molar refractivity (Wildman–Crippen MR) is 89.2 cm³/mol. The van der Waals surface area contributed by atoms with E-state index in [0.717, 1.165) is 29.8 Å². The number of nitrogens with zero attached hydrogens (tertiary/aromatic N) is 2. The van der Waals surface area contributed by atoms with Crippen LogP contribution in [0.4, 0.5) is 5.13 Å². The molecule has 0 unspecified atom stereocenters. The van der Waals surface area contributed by atoms with Gasteiger partial charge in [0.05, 0.1) is 0 Å². The summed E-state index contributed by atoms with van der Waals surface area (Å²) in [6.45, 7) is 2.02. The zero-order valence-corrected chi connectivity index (χ0v) is 13.2. The van der Waals surface area contributed by atoms with Gasteiger partial charge in [-0.2, -0.15) is 0 Å². The van der Waals surface area contributed by atoms with E-state index in [0.29, 0.717) is 11.6 Å². The van der Waals surface area contributed by atoms with Gasteiger partial charge < -0.3 is 10.3 Å². The van der Waals surface area contributed by atoms with Gasteiger partial charge in [0.2, 0.25) is 11.0 Å². The molecule has 0 aliphatic rings. The van der Waals surface area contributed by atoms with Crippen molar-refractivity contribution in [2.75, 3.05) is 5.32 Å². The number of para-hydroxylation sites is 1. The van der Waals surface area contributed by atoms with Crippen LogP contribution >= 0.6 is 11.3 Å². The number of amides is 1. The minimum atomic E-state index is -0.00126. The summed E-state index contributed by atoms with van der Waals surface area (Å²) in [5.41, 5.74) is 2.40. The second-order valence-electron chi connectivity index (χ2n) is 5.12. The van der Waals surface area contributed by atoms with Crippen LogP contribution in [0.1, 0.15) is 30.3 Å². The van der Waals surface area contributed by atoms with Crippen LogP contribution in [-0.2, 0) is 17.6 Å². The summed E-state index contributed by atoms with van der Waals surface area (Å²) in [4.78, 5) is 15.2. The second-order valence-corrected chi connectivity index (χ2v) is 6.18. The molecule has 1 amide bonds. The topological polar surface area (TPSA) is 70.7 Å². The summed E-state index contributed by atoms with van der Waals surface area (Å²) in [6.07, 6.45) is 5.05. The van der Waals surface area contributed by atoms with Crippen LogP contribution in [0.5, 0.6) is 0 Å². The molecule has 0 aliphatic heterocycles. The van der Waals surface area contributed by atoms with Gasteiger partial charge in [0.15, 0.2) is 0 Å². The number of carbonyl (C=O) groups excluding carboxylic acids is 1. The number of fused-ring (bicyclic) bond motifs is 1. The molecule has 22 heavy (non-hydrogen) atoms. The SMILES string of the molecule is CCc1nnc(NC(=O)CCCc2c[nH]c3ccccc23)s1. The zero-order chi connectivity index (χ0) is 15.4. The van der Waals surface area contributed by atoms with Gasteiger partial charge in [0.25, 0.3) is 0 Å². The number of benzene rings is 1. The van der Waals surface area contributed by atoms with Crippen LogP contribution in [0.3, 0.4) is 0 Å². The lowest BCUT2D eigenvalue weighted by Crippen LogP contribution is -2.11. The summed E-state index contributed by atoms with van der Waals surface area (Å²) < 4.78 is 0. The molecule has 0 spiro atoms. The van der Waals surface area contributed by atoms with Crippen LogP contribution < -0.4 is 5.32 Å². The molecule has 6 heteroatoms. The van der Waals surface area contributed by atoms with E-state index in [1.54, 1.807) is 0 Å². The molecule has 5 nitrogen and oxygen atoms in total. The maximum atomic E-state index is 11.9. The molecule has 2 aromatic heterocycles. The van der Waals surface area contributed by atoms with Crippen molar-refractivity contribution < 1.29 is 4.79 Å². The Kier molecular flexibility index (Phi) is 4.48. The highest BCUT2D eigenvalue weighted by Gasteiger charge is 2.08. The average molecular weight is 314 g/mol. The smallest absolute Gasteiger partial charge is 0.226 e. The zero-order valence-electron chi connectivity index (χ0n) is 12.4. The molecule has 1 aromatic carbocycles. The van der Waals surface area contributed by atoms with Crippen molar-refractivity contribution >= 4 is 33.3 Å². The lowest BCUT2D eigenvalue weighted by Gasteiger charge is -2.01. The lowest BCUT2D eigenvalue weighted by atomic mass is 10.1. The average Bonchev–Trinajstić information content (AvgIpc) is 3.14. The van der Waals surface area contributed by atoms with E-state index in [1.165, 1.54) is 22.3 Å². The first-order valence-electron chi connectivity index (χ1n) is 7.43. The molecule has 0 fully saturated rings. The molecule has 3 rings (SSSR count). The summed E-state index contributed by atoms with van der Waals surface area (Å²) in [7, 11) is 0. The van der Waals surface area contributed by atoms with Crippen molar-refractivity contribution in [2.24, 2.45) is 0 Å². The Hall–Kier alpha value is -2.21. The molecular formula is C16H18N4OS. The molecule has 2 heterocycles. The van der Waals surface area contributed by atoms with Crippen molar-refractivity contribution in [2.45, 2.75) is 32.6 Å². The standard InChI is InChI=1S/C16H18N4OS/c1-2-15-19-20-16(22-15)18-14(21)9-5-6-11-10-17-13-8-4-3-7-12(11)13/h3-4,7-8,10,17H,2,5-6,9H2,1H3,(H,18,20,21). The van der Waals surface area contributed by atoms with Crippen molar-refractivity contribution in [1.29, 1.82) is 0 Å². The second kappa shape index (κ2) is 6.70. The summed E-state index contributed by atoms with van der Waals surface area (Å²) in [5, 5.41) is 13.5. The third-order valence-corrected chi connectivity index (χ3v) is 4.52. The normalized spacial score (nSPS) is 11.0. The number of aryl methyl sites for hydroxylation is 2. The third-order valence-electron chi connectivity index (χ3n) is 3.54. The number of hydrogen-bond acceptors (Lipinski definition) is 4. The van der Waals surface area contributed by atoms with E-state index in [1.807, 2.05) is 25.3 Å². The van der Waals surface area contributed by atoms with E-state index < -0.39 is 0 Å². The number of H-pyrrole nitrogens is 1. The predicted octanol–water partition coefficient (Wildman–Crippen LogP) is 3.54. The number of rotatable bonds is 6. The number of anilines is 1. The van der Waals surface area contributed by atoms with Gasteiger partial charge in [-0.05, 0) is 30.9 Å². The van der Waals surface area contributed by atoms with Crippen LogP contribution in [0.25, 0.3) is 10.9 Å². The van der Waals surface area contributed by atoms with E-state index in [4.69, 9.17) is 0 Å². The Morgan fingerprint density at radius 2 is 2.18 bits per heavy atom. The highest BCUT2D eigenvalue weighted by molar-refractivity contribution is 7.15. The maximum Gasteiger partial charge on any atom is 0.226 e. The fraction of sp³-hybridized carbons (Fsp3) is 0.312. The maximum absolute atomic E-state index is 11.9. The fourth-order valence-corrected chi connectivity index (χ4v) is 3.10. The molecular weight excluding hydrogens is 296 g/mol. The molecule has 3 aromatic rings. The molecule has 0 atom stereocenters. The number of hydrogen-bond donors (Lipinski definition) is 2. The van der Waals surface area contributed by atoms with Gasteiger partial charge in [-0.1, -0.05) is 36.5 Å². The van der Waals surface area contributed by atoms with Gasteiger partial charge in [-0.3, -0.25) is 4.79 Å². The van der Waals surface area contributed by atoms with Gasteiger partial charge >= 0.3 is 0 Å². The highest BCUT2D eigenvalue weighted by Crippen LogP contribution is 2.20. The first kappa shape index (κ1) is 14.7. The lowest BCUT2D eigenvalue weighted by molar-refractivity contribution is -0.116. The van der Waals surface area contributed by atoms with Gasteiger partial charge in [-0.15, -0.1) is 10.2 Å². The summed E-state index contributed by atoms with van der Waals surface area (Å²) >= 11 is 1.44. The summed E-state index contributed by atoms with van der Waals surface area (Å²) in [6, 6.07) is 8.22. The first-order chi connectivity index (χ1) is 10.8. The van der Waals surface area contributed by atoms with E-state index in [-0.39, 0.29) is 5.91 Å². The van der Waals surface area contributed by atoms with Crippen molar-refractivity contribution in [1.82, 2.24) is 15.2 Å².